The highest BCUT2D eigenvalue weighted by Crippen LogP contribution is 2.44. The Balaban J connectivity index is 0.945. The summed E-state index contributed by atoms with van der Waals surface area (Å²) in [7, 11) is 0. The van der Waals surface area contributed by atoms with Gasteiger partial charge >= 0.3 is 0 Å². The number of aliphatic hydroxyl groups excluding tert-OH is 20. The summed E-state index contributed by atoms with van der Waals surface area (Å²) in [4.78, 5) is 29.2. The Morgan fingerprint density at radius 1 is 0.347 bits per heavy atom. The summed E-state index contributed by atoms with van der Waals surface area (Å²) in [6.45, 7) is 0.230. The van der Waals surface area contributed by atoms with E-state index in [9.17, 15) is 117 Å². The van der Waals surface area contributed by atoms with Crippen molar-refractivity contribution >= 4 is 23.6 Å². The van der Waals surface area contributed by atoms with E-state index in [-0.39, 0.29) is 19.3 Å². The second kappa shape index (κ2) is 30.5. The van der Waals surface area contributed by atoms with Crippen molar-refractivity contribution < 1.29 is 183 Å². The molecule has 0 aromatic carbocycles. The van der Waals surface area contributed by atoms with Gasteiger partial charge in [0.25, 0.3) is 0 Å². The third-order valence-corrected chi connectivity index (χ3v) is 20.4. The summed E-state index contributed by atoms with van der Waals surface area (Å²) in [5, 5.41) is 239. The number of aliphatic hydroxyl groups is 20. The predicted molar refractivity (Wildman–Crippen MR) is 298 cm³/mol. The van der Waals surface area contributed by atoms with E-state index >= 15 is 0 Å². The van der Waals surface area contributed by atoms with E-state index in [0.29, 0.717) is 0 Å². The van der Waals surface area contributed by atoms with Crippen LogP contribution in [0.4, 0.5) is 0 Å². The number of hydrogen-bond acceptors (Lipinski definition) is 38. The second-order valence-electron chi connectivity index (χ2n) is 26.6. The van der Waals surface area contributed by atoms with Crippen LogP contribution in [0.25, 0.3) is 0 Å². The average Bonchev–Trinajstić information content (AvgIpc) is 1.76. The zero-order valence-electron chi connectivity index (χ0n) is 51.6. The zero-order valence-corrected chi connectivity index (χ0v) is 52.4. The normalized spacial score (nSPS) is 51.4. The molecule has 23 fully saturated rings. The summed E-state index contributed by atoms with van der Waals surface area (Å²) >= 11 is 0.802. The second-order valence-corrected chi connectivity index (χ2v) is 27.8. The Morgan fingerprint density at radius 3 is 0.779 bits per heavy atom. The lowest BCUT2D eigenvalue weighted by Gasteiger charge is -2.51. The number of carbonyl (C=O) groups excluding carboxylic acids is 2. The van der Waals surface area contributed by atoms with E-state index in [1.54, 1.807) is 27.7 Å². The number of carbonyl (C=O) groups is 2. The quantitative estimate of drug-likeness (QED) is 0.0903. The zero-order chi connectivity index (χ0) is 69.3. The number of amides is 2. The number of nitrogens with zero attached hydrogens (tertiary/aromatic N) is 2. The maximum atomic E-state index is 14.3. The SMILES string of the molecule is CC1(C)CC(N2C(=O)CC(SC[C@H]3O[C@@H]4O[C@H]5[C@H](O)[C@@H](O)[C@@H](O[C@H]6[C@H](O)[C@@H](O)[C@@H](O[C@H]7[C@H](O)[C@@H](O)[C@@H](O[C@H]8[C@H](O)[C@@H](O)[C@@H](O[C@H]9[C@H](O)[C@@H](O)[C@@H](O[C@H]%10[C@H](O)[C@@H](O)[C@@H](O[C@H]3[C@H](O)[C@H]4O)O[C@@H]%10CO)O[C@@H]9CO)O[C@@H]8CO)O[C@@H]7CO)O[C@@H]6CO)O[C@@H]5CO)C2=O)CC(C)(C)N1[O]. The minimum absolute atomic E-state index is 0.124. The monoisotopic (exact) mass is 1400 g/mol. The van der Waals surface area contributed by atoms with Crippen LogP contribution in [0.15, 0.2) is 0 Å². The summed E-state index contributed by atoms with van der Waals surface area (Å²) in [6, 6.07) is -0.707. The van der Waals surface area contributed by atoms with Gasteiger partial charge in [0, 0.05) is 29.3 Å². The molecule has 1 unspecified atom stereocenters. The number of thioether (sulfide) groups is 1. The van der Waals surface area contributed by atoms with E-state index in [1.165, 1.54) is 0 Å². The molecule has 2 amide bonds. The standard InChI is InChI=1S/C55H89N2O37S/c1-54(2)6-15(7-55(3,4)57(54)80)56-24(64)5-23(46(56)79)95-14-22-45-31(71)38(78)53(87-22)93-44-21(13-63)85-51(36(76)29(44)69)91-42-19(11-61)83-49(34(74)27(42)67)89-40-17(9-59)81-47(32(72)25(40)65)88-39-16(8-58)82-48(33(73)26(39)66)90-41-18(10-60)84-50(35(75)28(41)68)92-43-20(12-62)86-52(94-45)37(77)30(43)70/h15-23,25-45,47-53,58-63,65-78H,5-14H2,1-4H3/t16-,17-,18-,19-,20-,21-,22-,23?,25-,26-,27-,28-,29-,30-,31-,32-,33-,34-,35-,36-,37-,38-,39-,40-,41-,42-,43-,44-,45-,47-,48-,49-,50-,51-,52-,53-/m1/s1. The fourth-order valence-corrected chi connectivity index (χ4v) is 15.3. The Labute approximate surface area is 545 Å². The molecule has 23 aliphatic rings. The molecule has 20 N–H and O–H groups in total. The van der Waals surface area contributed by atoms with Gasteiger partial charge in [0.1, 0.15) is 165 Å². The van der Waals surface area contributed by atoms with Crippen LogP contribution in [0, 0.1) is 0 Å². The lowest BCUT2D eigenvalue weighted by atomic mass is 9.78. The van der Waals surface area contributed by atoms with Crippen LogP contribution < -0.4 is 0 Å². The van der Waals surface area contributed by atoms with Crippen LogP contribution in [-0.2, 0) is 81.1 Å². The van der Waals surface area contributed by atoms with Gasteiger partial charge in [-0.1, -0.05) is 0 Å². The van der Waals surface area contributed by atoms with Crippen molar-refractivity contribution in [2.24, 2.45) is 0 Å². The van der Waals surface area contributed by atoms with Gasteiger partial charge in [-0.05, 0) is 40.5 Å². The number of piperidine rings is 1. The topological polar surface area (TPSA) is 594 Å². The van der Waals surface area contributed by atoms with Gasteiger partial charge in [-0.3, -0.25) is 14.5 Å². The highest BCUT2D eigenvalue weighted by Gasteiger charge is 2.61. The van der Waals surface area contributed by atoms with E-state index in [1.807, 2.05) is 0 Å². The molecular formula is C55H89N2O37S. The lowest BCUT2D eigenvalue weighted by molar-refractivity contribution is -0.396. The fourth-order valence-electron chi connectivity index (χ4n) is 14.1. The van der Waals surface area contributed by atoms with Gasteiger partial charge in [0.15, 0.2) is 44.0 Å². The Hall–Kier alpha value is -1.95. The van der Waals surface area contributed by atoms with Crippen molar-refractivity contribution in [2.75, 3.05) is 45.4 Å². The molecular weight excluding hydrogens is 1310 g/mol. The first kappa shape index (κ1) is 75.7. The van der Waals surface area contributed by atoms with Gasteiger partial charge in [0.2, 0.25) is 11.8 Å². The number of imide groups is 1. The molecule has 23 heterocycles. The largest absolute Gasteiger partial charge is 0.394 e. The number of hydroxylamine groups is 2. The summed E-state index contributed by atoms with van der Waals surface area (Å²) in [5.41, 5.74) is -2.00. The predicted octanol–water partition coefficient (Wildman–Crippen LogP) is -13.0. The molecule has 0 aromatic heterocycles. The summed E-state index contributed by atoms with van der Waals surface area (Å²) in [5.74, 6) is -1.70. The number of hydrogen-bond donors (Lipinski definition) is 20. The van der Waals surface area contributed by atoms with Crippen molar-refractivity contribution in [3.05, 3.63) is 0 Å². The first-order valence-electron chi connectivity index (χ1n) is 31.1. The number of likely N-dealkylation sites (tertiary alicyclic amines) is 1. The molecule has 23 aliphatic heterocycles. The maximum Gasteiger partial charge on any atom is 0.243 e. The average molecular weight is 1400 g/mol. The molecule has 1 radical (unpaired) electrons. The smallest absolute Gasteiger partial charge is 0.243 e. The Bertz CT molecular complexity index is 2510. The Morgan fingerprint density at radius 2 is 0.558 bits per heavy atom. The molecule has 547 valence electrons. The highest BCUT2D eigenvalue weighted by molar-refractivity contribution is 8.00. The first-order valence-corrected chi connectivity index (χ1v) is 32.2. The van der Waals surface area contributed by atoms with Crippen molar-refractivity contribution in [1.29, 1.82) is 0 Å². The van der Waals surface area contributed by atoms with E-state index in [4.69, 9.17) is 66.3 Å². The molecule has 40 heteroatoms. The molecule has 0 aromatic rings. The first-order chi connectivity index (χ1) is 44.8. The van der Waals surface area contributed by atoms with Crippen LogP contribution >= 0.6 is 11.8 Å². The molecule has 0 spiro atoms. The molecule has 23 saturated heterocycles. The van der Waals surface area contributed by atoms with Gasteiger partial charge < -0.3 is 168 Å². The van der Waals surface area contributed by atoms with Crippen molar-refractivity contribution in [3.8, 4) is 0 Å². The number of ether oxygens (including phenoxy) is 14. The van der Waals surface area contributed by atoms with Crippen molar-refractivity contribution in [2.45, 2.75) is 284 Å². The van der Waals surface area contributed by atoms with Gasteiger partial charge in [-0.15, -0.1) is 22.0 Å². The molecule has 0 aliphatic carbocycles. The molecule has 39 nitrogen and oxygen atoms in total. The van der Waals surface area contributed by atoms with E-state index < -0.39 is 295 Å². The minimum Gasteiger partial charge on any atom is -0.394 e. The fraction of sp³-hybridized carbons (Fsp3) is 0.964. The van der Waals surface area contributed by atoms with Crippen LogP contribution in [-0.4, -0.2) is 407 Å². The Kier molecular flexibility index (Phi) is 24.3. The maximum absolute atomic E-state index is 14.3. The third kappa shape index (κ3) is 14.7. The van der Waals surface area contributed by atoms with E-state index in [2.05, 4.69) is 0 Å². The molecule has 14 bridgehead atoms. The van der Waals surface area contributed by atoms with Crippen LogP contribution in [0.2, 0.25) is 0 Å². The van der Waals surface area contributed by atoms with Gasteiger partial charge in [-0.25, -0.2) is 0 Å². The third-order valence-electron chi connectivity index (χ3n) is 19.1. The van der Waals surface area contributed by atoms with Gasteiger partial charge in [0.05, 0.1) is 51.0 Å². The van der Waals surface area contributed by atoms with Crippen LogP contribution in [0.3, 0.4) is 0 Å². The van der Waals surface area contributed by atoms with Crippen molar-refractivity contribution in [1.82, 2.24) is 9.96 Å². The highest BCUT2D eigenvalue weighted by atomic mass is 32.2. The lowest BCUT2D eigenvalue weighted by Crippen LogP contribution is -2.68. The minimum atomic E-state index is -2.29. The van der Waals surface area contributed by atoms with Crippen LogP contribution in [0.5, 0.6) is 0 Å². The van der Waals surface area contributed by atoms with Crippen LogP contribution in [0.1, 0.15) is 47.0 Å². The summed E-state index contributed by atoms with van der Waals surface area (Å²) in [6.07, 6.45) is -72.1. The molecule has 95 heavy (non-hydrogen) atoms. The van der Waals surface area contributed by atoms with Gasteiger partial charge in [-0.2, -0.15) is 0 Å². The molecule has 0 saturated carbocycles. The van der Waals surface area contributed by atoms with E-state index in [0.717, 1.165) is 21.7 Å². The molecule has 23 rings (SSSR count). The molecule has 36 atom stereocenters. The number of rotatable bonds is 10. The summed E-state index contributed by atoms with van der Waals surface area (Å²) < 4.78 is 81.8. The van der Waals surface area contributed by atoms with Crippen molar-refractivity contribution in [3.63, 3.8) is 0 Å².